The van der Waals surface area contributed by atoms with Crippen LogP contribution in [0.2, 0.25) is 0 Å². The van der Waals surface area contributed by atoms with E-state index in [2.05, 4.69) is 25.6 Å². The second-order valence-electron chi connectivity index (χ2n) is 7.02. The van der Waals surface area contributed by atoms with Crippen molar-refractivity contribution in [2.75, 3.05) is 12.4 Å². The van der Waals surface area contributed by atoms with E-state index in [1.54, 1.807) is 36.7 Å². The van der Waals surface area contributed by atoms with Crippen LogP contribution in [0.5, 0.6) is 5.75 Å². The van der Waals surface area contributed by atoms with Crippen molar-refractivity contribution in [2.45, 2.75) is 20.3 Å². The van der Waals surface area contributed by atoms with Crippen LogP contribution in [0.15, 0.2) is 67.0 Å². The van der Waals surface area contributed by atoms with Crippen LogP contribution in [-0.4, -0.2) is 33.0 Å². The molecule has 3 N–H and O–H groups in total. The summed E-state index contributed by atoms with van der Waals surface area (Å²) in [5.41, 5.74) is 3.13. The number of aromatic nitrogens is 3. The average molecular weight is 448 g/mol. The lowest BCUT2D eigenvalue weighted by molar-refractivity contribution is -0.118. The highest BCUT2D eigenvalue weighted by molar-refractivity contribution is 7.15. The number of anilines is 2. The molecule has 0 aliphatic heterocycles. The summed E-state index contributed by atoms with van der Waals surface area (Å²) in [6.07, 6.45) is 4.37. The number of pyridine rings is 2. The molecule has 0 spiro atoms. The zero-order valence-electron chi connectivity index (χ0n) is 18.2. The highest BCUT2D eigenvalue weighted by atomic mass is 32.1. The molecule has 0 saturated carbocycles. The van der Waals surface area contributed by atoms with Crippen LogP contribution >= 0.6 is 11.3 Å². The van der Waals surface area contributed by atoms with Crippen LogP contribution in [0.3, 0.4) is 0 Å². The minimum atomic E-state index is 0.00463. The SMILES string of the molecule is CNC(C)=O.Cc1ccnc(Nc2cccc(-c3cnc(Cc4ccc(O)cc4)s3)n2)c1. The predicted octanol–water partition coefficient (Wildman–Crippen LogP) is 4.70. The van der Waals surface area contributed by atoms with Crippen LogP contribution in [0.1, 0.15) is 23.1 Å². The van der Waals surface area contributed by atoms with Crippen LogP contribution in [0.25, 0.3) is 10.6 Å². The van der Waals surface area contributed by atoms with E-state index >= 15 is 0 Å². The first-order valence-electron chi connectivity index (χ1n) is 10.0. The van der Waals surface area contributed by atoms with Crippen molar-refractivity contribution < 1.29 is 9.90 Å². The molecule has 0 fully saturated rings. The van der Waals surface area contributed by atoms with Gasteiger partial charge in [-0.25, -0.2) is 15.0 Å². The van der Waals surface area contributed by atoms with E-state index in [4.69, 9.17) is 0 Å². The molecule has 164 valence electrons. The van der Waals surface area contributed by atoms with Crippen molar-refractivity contribution in [3.05, 3.63) is 83.1 Å². The first-order chi connectivity index (χ1) is 15.4. The van der Waals surface area contributed by atoms with Gasteiger partial charge < -0.3 is 15.7 Å². The molecule has 1 amide bonds. The largest absolute Gasteiger partial charge is 0.508 e. The van der Waals surface area contributed by atoms with Crippen LogP contribution in [0, 0.1) is 6.92 Å². The van der Waals surface area contributed by atoms with E-state index in [1.807, 2.05) is 55.6 Å². The number of phenols is 1. The third-order valence-electron chi connectivity index (χ3n) is 4.37. The van der Waals surface area contributed by atoms with Gasteiger partial charge in [0.25, 0.3) is 0 Å². The molecule has 0 radical (unpaired) electrons. The summed E-state index contributed by atoms with van der Waals surface area (Å²) in [7, 11) is 1.60. The van der Waals surface area contributed by atoms with Gasteiger partial charge in [0.2, 0.25) is 5.91 Å². The zero-order chi connectivity index (χ0) is 22.9. The number of rotatable bonds is 5. The summed E-state index contributed by atoms with van der Waals surface area (Å²) >= 11 is 1.62. The maximum atomic E-state index is 9.70. The van der Waals surface area contributed by atoms with Crippen LogP contribution in [0.4, 0.5) is 11.6 Å². The van der Waals surface area contributed by atoms with Gasteiger partial charge in [-0.2, -0.15) is 0 Å². The number of nitrogens with zero attached hydrogens (tertiary/aromatic N) is 3. The number of aryl methyl sites for hydroxylation is 1. The van der Waals surface area contributed by atoms with Gasteiger partial charge in [-0.15, -0.1) is 11.3 Å². The molecule has 7 nitrogen and oxygen atoms in total. The molecule has 0 aliphatic rings. The Hall–Kier alpha value is -3.78. The Morgan fingerprint density at radius 1 is 1.06 bits per heavy atom. The maximum absolute atomic E-state index is 9.70. The van der Waals surface area contributed by atoms with E-state index in [1.165, 1.54) is 6.92 Å². The lowest BCUT2D eigenvalue weighted by atomic mass is 10.1. The molecule has 4 rings (SSSR count). The number of benzene rings is 1. The monoisotopic (exact) mass is 447 g/mol. The highest BCUT2D eigenvalue weighted by Crippen LogP contribution is 2.27. The summed E-state index contributed by atoms with van der Waals surface area (Å²) in [6, 6.07) is 17.0. The normalized spacial score (nSPS) is 10.1. The molecule has 1 aromatic carbocycles. The molecule has 0 unspecified atom stereocenters. The van der Waals surface area contributed by atoms with Crippen molar-refractivity contribution >= 4 is 28.9 Å². The maximum Gasteiger partial charge on any atom is 0.216 e. The molecule has 32 heavy (non-hydrogen) atoms. The predicted molar refractivity (Wildman–Crippen MR) is 128 cm³/mol. The fraction of sp³-hybridized carbons (Fsp3) is 0.167. The van der Waals surface area contributed by atoms with Crippen molar-refractivity contribution in [2.24, 2.45) is 0 Å². The van der Waals surface area contributed by atoms with E-state index in [9.17, 15) is 9.90 Å². The average Bonchev–Trinajstić information content (AvgIpc) is 3.24. The van der Waals surface area contributed by atoms with Crippen LogP contribution < -0.4 is 10.6 Å². The van der Waals surface area contributed by atoms with E-state index in [0.29, 0.717) is 0 Å². The lowest BCUT2D eigenvalue weighted by Gasteiger charge is -2.06. The molecule has 0 atom stereocenters. The number of hydrogen-bond donors (Lipinski definition) is 3. The summed E-state index contributed by atoms with van der Waals surface area (Å²) in [4.78, 5) is 24.2. The van der Waals surface area contributed by atoms with Crippen molar-refractivity contribution in [3.63, 3.8) is 0 Å². The smallest absolute Gasteiger partial charge is 0.216 e. The molecule has 4 aromatic rings. The highest BCUT2D eigenvalue weighted by Gasteiger charge is 2.08. The standard InChI is InChI=1S/C21H18N4OS.C3H7NO/c1-14-9-10-22-20(11-14)25-19-4-2-3-17(24-19)18-13-23-21(27-18)12-15-5-7-16(26)8-6-15;1-3(5)4-2/h2-11,13,26H,12H2,1H3,(H,22,24,25);1-2H3,(H,4,5). The Labute approximate surface area is 191 Å². The number of aromatic hydroxyl groups is 1. The topological polar surface area (TPSA) is 100 Å². The Balaban J connectivity index is 0.000000523. The fourth-order valence-electron chi connectivity index (χ4n) is 2.68. The fourth-order valence-corrected chi connectivity index (χ4v) is 3.60. The quantitative estimate of drug-likeness (QED) is 0.410. The lowest BCUT2D eigenvalue weighted by Crippen LogP contribution is -2.11. The third kappa shape index (κ3) is 6.88. The van der Waals surface area contributed by atoms with Gasteiger partial charge in [-0.1, -0.05) is 18.2 Å². The zero-order valence-corrected chi connectivity index (χ0v) is 19.0. The third-order valence-corrected chi connectivity index (χ3v) is 5.39. The Kier molecular flexibility index (Phi) is 7.88. The molecule has 0 bridgehead atoms. The number of carbonyl (C=O) groups is 1. The molecule has 8 heteroatoms. The molecule has 0 saturated heterocycles. The molecule has 0 aliphatic carbocycles. The number of amides is 1. The number of phenolic OH excluding ortho intramolecular Hbond substituents is 1. The molecular formula is C24H25N5O2S. The van der Waals surface area contributed by atoms with Gasteiger partial charge in [0.05, 0.1) is 15.6 Å². The summed E-state index contributed by atoms with van der Waals surface area (Å²) in [6.45, 7) is 3.50. The van der Waals surface area contributed by atoms with Crippen molar-refractivity contribution in [1.82, 2.24) is 20.3 Å². The van der Waals surface area contributed by atoms with Gasteiger partial charge in [0.15, 0.2) is 0 Å². The number of thiazole rings is 1. The summed E-state index contributed by atoms with van der Waals surface area (Å²) in [5, 5.41) is 16.0. The first kappa shape index (κ1) is 22.9. The van der Waals surface area contributed by atoms with E-state index < -0.39 is 0 Å². The Bertz CT molecular complexity index is 1170. The van der Waals surface area contributed by atoms with Gasteiger partial charge in [0.1, 0.15) is 17.4 Å². The van der Waals surface area contributed by atoms with E-state index in [-0.39, 0.29) is 11.7 Å². The Morgan fingerprint density at radius 2 is 1.81 bits per heavy atom. The summed E-state index contributed by atoms with van der Waals surface area (Å²) < 4.78 is 0. The molecule has 3 heterocycles. The van der Waals surface area contributed by atoms with Gasteiger partial charge in [-0.05, 0) is 54.4 Å². The van der Waals surface area contributed by atoms with Gasteiger partial charge in [0, 0.05) is 32.8 Å². The Morgan fingerprint density at radius 3 is 2.50 bits per heavy atom. The van der Waals surface area contributed by atoms with Crippen molar-refractivity contribution in [3.8, 4) is 16.3 Å². The number of nitrogens with one attached hydrogen (secondary N) is 2. The molecular weight excluding hydrogens is 422 g/mol. The molecule has 3 aromatic heterocycles. The first-order valence-corrected chi connectivity index (χ1v) is 10.8. The summed E-state index contributed by atoms with van der Waals surface area (Å²) in [5.74, 6) is 1.80. The second kappa shape index (κ2) is 11.0. The van der Waals surface area contributed by atoms with Crippen molar-refractivity contribution in [1.29, 1.82) is 0 Å². The van der Waals surface area contributed by atoms with Gasteiger partial charge in [-0.3, -0.25) is 4.79 Å². The second-order valence-corrected chi connectivity index (χ2v) is 8.13. The minimum Gasteiger partial charge on any atom is -0.508 e. The van der Waals surface area contributed by atoms with Crippen LogP contribution in [-0.2, 0) is 11.2 Å². The number of hydrogen-bond acceptors (Lipinski definition) is 7. The van der Waals surface area contributed by atoms with E-state index in [0.717, 1.165) is 44.8 Å². The van der Waals surface area contributed by atoms with Gasteiger partial charge >= 0.3 is 0 Å². The minimum absolute atomic E-state index is 0.00463. The number of carbonyl (C=O) groups excluding carboxylic acids is 1.